The van der Waals surface area contributed by atoms with Gasteiger partial charge in [0.25, 0.3) is 0 Å². The Morgan fingerprint density at radius 3 is 2.82 bits per heavy atom. The number of aliphatic carboxylic acids is 1. The highest BCUT2D eigenvalue weighted by molar-refractivity contribution is 5.78. The van der Waals surface area contributed by atoms with Crippen molar-refractivity contribution in [2.45, 2.75) is 45.2 Å². The van der Waals surface area contributed by atoms with E-state index in [4.69, 9.17) is 0 Å². The Kier molecular flexibility index (Phi) is 4.69. The maximum atomic E-state index is 11.3. The molecule has 0 saturated carbocycles. The van der Waals surface area contributed by atoms with Gasteiger partial charge in [-0.2, -0.15) is 0 Å². The van der Waals surface area contributed by atoms with Crippen LogP contribution in [0.25, 0.3) is 0 Å². The Balaban J connectivity index is 2.69. The SMILES string of the molecule is CCCNC(C)(CC(C)n1ccnc1)C(=O)O. The van der Waals surface area contributed by atoms with Gasteiger partial charge < -0.3 is 15.0 Å². The molecule has 5 heteroatoms. The van der Waals surface area contributed by atoms with Gasteiger partial charge in [0.05, 0.1) is 6.33 Å². The molecule has 5 nitrogen and oxygen atoms in total. The van der Waals surface area contributed by atoms with Gasteiger partial charge in [0.15, 0.2) is 0 Å². The lowest BCUT2D eigenvalue weighted by Crippen LogP contribution is -2.50. The van der Waals surface area contributed by atoms with E-state index in [9.17, 15) is 9.90 Å². The van der Waals surface area contributed by atoms with E-state index in [1.54, 1.807) is 19.4 Å². The topological polar surface area (TPSA) is 67.2 Å². The van der Waals surface area contributed by atoms with E-state index in [-0.39, 0.29) is 6.04 Å². The van der Waals surface area contributed by atoms with Crippen LogP contribution < -0.4 is 5.32 Å². The van der Waals surface area contributed by atoms with Crippen molar-refractivity contribution in [1.29, 1.82) is 0 Å². The van der Waals surface area contributed by atoms with Gasteiger partial charge in [-0.05, 0) is 33.2 Å². The van der Waals surface area contributed by atoms with Crippen LogP contribution in [0.5, 0.6) is 0 Å². The Bertz CT molecular complexity index is 351. The summed E-state index contributed by atoms with van der Waals surface area (Å²) in [6, 6.07) is 0.1000. The molecule has 0 aliphatic rings. The van der Waals surface area contributed by atoms with Crippen LogP contribution >= 0.6 is 0 Å². The number of carboxylic acids is 1. The summed E-state index contributed by atoms with van der Waals surface area (Å²) in [6.07, 6.45) is 6.72. The molecule has 0 radical (unpaired) electrons. The maximum Gasteiger partial charge on any atom is 0.323 e. The smallest absolute Gasteiger partial charge is 0.323 e. The molecule has 0 spiro atoms. The van der Waals surface area contributed by atoms with Gasteiger partial charge in [0.2, 0.25) is 0 Å². The van der Waals surface area contributed by atoms with E-state index in [2.05, 4.69) is 10.3 Å². The standard InChI is InChI=1S/C12H21N3O2/c1-4-5-14-12(3,11(16)17)8-10(2)15-7-6-13-9-15/h6-7,9-10,14H,4-5,8H2,1-3H3,(H,16,17). The molecule has 0 bridgehead atoms. The third-order valence-electron chi connectivity index (χ3n) is 2.97. The zero-order valence-corrected chi connectivity index (χ0v) is 10.7. The second-order valence-electron chi connectivity index (χ2n) is 4.63. The fourth-order valence-corrected chi connectivity index (χ4v) is 1.86. The molecular formula is C12H21N3O2. The highest BCUT2D eigenvalue weighted by Gasteiger charge is 2.34. The minimum atomic E-state index is -0.889. The molecule has 1 aromatic rings. The minimum absolute atomic E-state index is 0.1000. The second-order valence-corrected chi connectivity index (χ2v) is 4.63. The number of hydrogen-bond donors (Lipinski definition) is 2. The van der Waals surface area contributed by atoms with Crippen molar-refractivity contribution in [2.24, 2.45) is 0 Å². The summed E-state index contributed by atoms with van der Waals surface area (Å²) >= 11 is 0. The van der Waals surface area contributed by atoms with E-state index in [1.165, 1.54) is 0 Å². The molecule has 1 aromatic heterocycles. The lowest BCUT2D eigenvalue weighted by Gasteiger charge is -2.29. The molecule has 17 heavy (non-hydrogen) atoms. The number of rotatable bonds is 7. The average molecular weight is 239 g/mol. The summed E-state index contributed by atoms with van der Waals surface area (Å²) in [5.41, 5.74) is -0.889. The number of imidazole rings is 1. The molecular weight excluding hydrogens is 218 g/mol. The predicted molar refractivity (Wildman–Crippen MR) is 65.9 cm³/mol. The van der Waals surface area contributed by atoms with Crippen molar-refractivity contribution in [3.63, 3.8) is 0 Å². The van der Waals surface area contributed by atoms with Crippen LogP contribution in [0.15, 0.2) is 18.7 Å². The summed E-state index contributed by atoms with van der Waals surface area (Å²) in [7, 11) is 0. The molecule has 0 aliphatic heterocycles. The molecule has 2 atom stereocenters. The molecule has 1 rings (SSSR count). The Morgan fingerprint density at radius 2 is 2.35 bits per heavy atom. The molecule has 0 aromatic carbocycles. The number of aromatic nitrogens is 2. The molecule has 0 aliphatic carbocycles. The minimum Gasteiger partial charge on any atom is -0.480 e. The highest BCUT2D eigenvalue weighted by atomic mass is 16.4. The summed E-state index contributed by atoms with van der Waals surface area (Å²) in [5, 5.41) is 12.4. The van der Waals surface area contributed by atoms with Crippen LogP contribution in [0.3, 0.4) is 0 Å². The Labute approximate surface area is 102 Å². The van der Waals surface area contributed by atoms with Crippen molar-refractivity contribution >= 4 is 5.97 Å². The number of nitrogens with zero attached hydrogens (tertiary/aromatic N) is 2. The van der Waals surface area contributed by atoms with Gasteiger partial charge in [-0.15, -0.1) is 0 Å². The normalized spacial score (nSPS) is 16.4. The van der Waals surface area contributed by atoms with Crippen LogP contribution in [-0.2, 0) is 4.79 Å². The summed E-state index contributed by atoms with van der Waals surface area (Å²) in [4.78, 5) is 15.3. The average Bonchev–Trinajstić information content (AvgIpc) is 2.79. The zero-order chi connectivity index (χ0) is 12.9. The first-order valence-corrected chi connectivity index (χ1v) is 5.95. The zero-order valence-electron chi connectivity index (χ0n) is 10.7. The van der Waals surface area contributed by atoms with Crippen molar-refractivity contribution in [3.05, 3.63) is 18.7 Å². The molecule has 96 valence electrons. The Hall–Kier alpha value is -1.36. The molecule has 1 heterocycles. The molecule has 0 fully saturated rings. The number of carbonyl (C=O) groups is 1. The third kappa shape index (κ3) is 3.56. The van der Waals surface area contributed by atoms with Crippen LogP contribution in [0.4, 0.5) is 0 Å². The first-order valence-electron chi connectivity index (χ1n) is 5.95. The largest absolute Gasteiger partial charge is 0.480 e. The van der Waals surface area contributed by atoms with Crippen LogP contribution in [0, 0.1) is 0 Å². The van der Waals surface area contributed by atoms with Gasteiger partial charge in [-0.1, -0.05) is 6.92 Å². The van der Waals surface area contributed by atoms with E-state index >= 15 is 0 Å². The van der Waals surface area contributed by atoms with Crippen LogP contribution in [0.1, 0.15) is 39.7 Å². The predicted octanol–water partition coefficient (Wildman–Crippen LogP) is 1.68. The van der Waals surface area contributed by atoms with E-state index in [0.29, 0.717) is 13.0 Å². The van der Waals surface area contributed by atoms with Gasteiger partial charge >= 0.3 is 5.97 Å². The number of hydrogen-bond acceptors (Lipinski definition) is 3. The molecule has 2 unspecified atom stereocenters. The van der Waals surface area contributed by atoms with Crippen molar-refractivity contribution in [2.75, 3.05) is 6.54 Å². The van der Waals surface area contributed by atoms with E-state index < -0.39 is 11.5 Å². The Morgan fingerprint density at radius 1 is 1.65 bits per heavy atom. The van der Waals surface area contributed by atoms with Crippen molar-refractivity contribution in [1.82, 2.24) is 14.9 Å². The van der Waals surface area contributed by atoms with Gasteiger partial charge in [-0.3, -0.25) is 4.79 Å². The van der Waals surface area contributed by atoms with Gasteiger partial charge in [-0.25, -0.2) is 4.98 Å². The molecule has 0 amide bonds. The lowest BCUT2D eigenvalue weighted by atomic mass is 9.93. The molecule has 0 saturated heterocycles. The summed E-state index contributed by atoms with van der Waals surface area (Å²) in [6.45, 7) is 6.46. The third-order valence-corrected chi connectivity index (χ3v) is 2.97. The van der Waals surface area contributed by atoms with Crippen molar-refractivity contribution < 1.29 is 9.90 Å². The first-order chi connectivity index (χ1) is 7.99. The number of nitrogens with one attached hydrogen (secondary N) is 1. The first kappa shape index (κ1) is 13.7. The van der Waals surface area contributed by atoms with Gasteiger partial charge in [0, 0.05) is 18.4 Å². The monoisotopic (exact) mass is 239 g/mol. The van der Waals surface area contributed by atoms with Crippen molar-refractivity contribution in [3.8, 4) is 0 Å². The fourth-order valence-electron chi connectivity index (χ4n) is 1.86. The number of carboxylic acid groups (broad SMARTS) is 1. The van der Waals surface area contributed by atoms with E-state index in [1.807, 2.05) is 24.6 Å². The fraction of sp³-hybridized carbons (Fsp3) is 0.667. The van der Waals surface area contributed by atoms with Crippen LogP contribution in [0.2, 0.25) is 0 Å². The summed E-state index contributed by atoms with van der Waals surface area (Å²) in [5.74, 6) is -0.807. The quantitative estimate of drug-likeness (QED) is 0.759. The summed E-state index contributed by atoms with van der Waals surface area (Å²) < 4.78 is 1.93. The second kappa shape index (κ2) is 5.82. The highest BCUT2D eigenvalue weighted by Crippen LogP contribution is 2.21. The van der Waals surface area contributed by atoms with Gasteiger partial charge in [0.1, 0.15) is 5.54 Å². The van der Waals surface area contributed by atoms with E-state index in [0.717, 1.165) is 6.42 Å². The molecule has 2 N–H and O–H groups in total. The van der Waals surface area contributed by atoms with Crippen LogP contribution in [-0.4, -0.2) is 32.7 Å². The lowest BCUT2D eigenvalue weighted by molar-refractivity contribution is -0.144. The maximum absolute atomic E-state index is 11.3.